The minimum atomic E-state index is 0.00699. The smallest absolute Gasteiger partial charge is 0.246 e. The van der Waals surface area contributed by atoms with E-state index in [4.69, 9.17) is 4.74 Å². The van der Waals surface area contributed by atoms with Crippen molar-refractivity contribution >= 4 is 5.91 Å². The fraction of sp³-hybridized carbons (Fsp3) is 0.929. The molecule has 1 aliphatic rings. The zero-order valence-electron chi connectivity index (χ0n) is 11.8. The van der Waals surface area contributed by atoms with Gasteiger partial charge in [0.2, 0.25) is 5.91 Å². The second kappa shape index (κ2) is 9.34. The molecule has 2 atom stereocenters. The zero-order chi connectivity index (χ0) is 13.2. The third kappa shape index (κ3) is 6.97. The highest BCUT2D eigenvalue weighted by Gasteiger charge is 2.12. The van der Waals surface area contributed by atoms with E-state index < -0.39 is 0 Å². The number of hydrogen-bond acceptors (Lipinski definition) is 3. The van der Waals surface area contributed by atoms with E-state index >= 15 is 0 Å². The molecule has 1 amide bonds. The molecule has 0 aromatic rings. The van der Waals surface area contributed by atoms with Crippen LogP contribution in [0.2, 0.25) is 0 Å². The van der Waals surface area contributed by atoms with Gasteiger partial charge in [-0.2, -0.15) is 0 Å². The summed E-state index contributed by atoms with van der Waals surface area (Å²) < 4.78 is 5.43. The number of nitrogens with one attached hydrogen (secondary N) is 2. The summed E-state index contributed by atoms with van der Waals surface area (Å²) >= 11 is 0. The van der Waals surface area contributed by atoms with Crippen LogP contribution >= 0.6 is 0 Å². The van der Waals surface area contributed by atoms with E-state index in [0.717, 1.165) is 25.8 Å². The molecule has 1 rings (SSSR count). The third-order valence-corrected chi connectivity index (χ3v) is 3.39. The van der Waals surface area contributed by atoms with Crippen LogP contribution in [0.4, 0.5) is 0 Å². The molecule has 1 fully saturated rings. The first kappa shape index (κ1) is 15.4. The van der Waals surface area contributed by atoms with Crippen LogP contribution in [0.25, 0.3) is 0 Å². The lowest BCUT2D eigenvalue weighted by Crippen LogP contribution is -2.36. The molecule has 1 aliphatic heterocycles. The molecule has 0 aromatic carbocycles. The molecule has 4 heteroatoms. The lowest BCUT2D eigenvalue weighted by molar-refractivity contribution is -0.126. The number of piperidine rings is 1. The van der Waals surface area contributed by atoms with Gasteiger partial charge in [0, 0.05) is 18.7 Å². The summed E-state index contributed by atoms with van der Waals surface area (Å²) in [6, 6.07) is 0.840. The molecule has 0 aromatic heterocycles. The molecule has 0 bridgehead atoms. The van der Waals surface area contributed by atoms with Gasteiger partial charge in [0.25, 0.3) is 0 Å². The molecular weight excluding hydrogens is 228 g/mol. The van der Waals surface area contributed by atoms with E-state index in [9.17, 15) is 4.79 Å². The number of carbonyl (C=O) groups is 1. The van der Waals surface area contributed by atoms with Crippen LogP contribution in [0.1, 0.15) is 52.4 Å². The molecule has 0 radical (unpaired) electrons. The maximum absolute atomic E-state index is 11.5. The van der Waals surface area contributed by atoms with Crippen LogP contribution < -0.4 is 10.6 Å². The molecule has 1 heterocycles. The standard InChI is InChI=1S/C14H28N2O2/c1-3-6-12(2)16-14(17)11-18-10-8-13-7-4-5-9-15-13/h12-13,15H,3-11H2,1-2H3,(H,16,17). The summed E-state index contributed by atoms with van der Waals surface area (Å²) in [5.74, 6) is 0.00699. The molecule has 1 saturated heterocycles. The van der Waals surface area contributed by atoms with Gasteiger partial charge in [-0.15, -0.1) is 0 Å². The fourth-order valence-corrected chi connectivity index (χ4v) is 2.38. The molecule has 0 spiro atoms. The summed E-state index contributed by atoms with van der Waals surface area (Å²) in [6.07, 6.45) is 6.97. The van der Waals surface area contributed by atoms with E-state index in [1.165, 1.54) is 19.3 Å². The summed E-state index contributed by atoms with van der Waals surface area (Å²) in [5, 5.41) is 6.42. The van der Waals surface area contributed by atoms with E-state index in [1.54, 1.807) is 0 Å². The maximum atomic E-state index is 11.5. The highest BCUT2D eigenvalue weighted by atomic mass is 16.5. The molecule has 2 N–H and O–H groups in total. The molecule has 18 heavy (non-hydrogen) atoms. The minimum Gasteiger partial charge on any atom is -0.372 e. The summed E-state index contributed by atoms with van der Waals surface area (Å²) in [7, 11) is 0. The summed E-state index contributed by atoms with van der Waals surface area (Å²) in [6.45, 7) is 6.15. The number of amides is 1. The maximum Gasteiger partial charge on any atom is 0.246 e. The quantitative estimate of drug-likeness (QED) is 0.652. The number of carbonyl (C=O) groups excluding carboxylic acids is 1. The Morgan fingerprint density at radius 2 is 2.33 bits per heavy atom. The number of ether oxygens (including phenoxy) is 1. The van der Waals surface area contributed by atoms with Gasteiger partial charge in [-0.05, 0) is 39.2 Å². The third-order valence-electron chi connectivity index (χ3n) is 3.39. The molecule has 0 saturated carbocycles. The fourth-order valence-electron chi connectivity index (χ4n) is 2.38. The normalized spacial score (nSPS) is 21.6. The topological polar surface area (TPSA) is 50.4 Å². The first-order valence-electron chi connectivity index (χ1n) is 7.33. The Kier molecular flexibility index (Phi) is 8.01. The molecule has 2 unspecified atom stereocenters. The Labute approximate surface area is 111 Å². The highest BCUT2D eigenvalue weighted by molar-refractivity contribution is 5.77. The van der Waals surface area contributed by atoms with Gasteiger partial charge in [0.15, 0.2) is 0 Å². The largest absolute Gasteiger partial charge is 0.372 e. The molecular formula is C14H28N2O2. The van der Waals surface area contributed by atoms with Gasteiger partial charge in [0.05, 0.1) is 0 Å². The Bertz CT molecular complexity index is 228. The molecule has 0 aliphatic carbocycles. The van der Waals surface area contributed by atoms with Gasteiger partial charge in [-0.25, -0.2) is 0 Å². The van der Waals surface area contributed by atoms with E-state index in [2.05, 4.69) is 17.6 Å². The molecule has 4 nitrogen and oxygen atoms in total. The predicted octanol–water partition coefficient (Wildman–Crippen LogP) is 1.84. The van der Waals surface area contributed by atoms with Crippen molar-refractivity contribution in [1.29, 1.82) is 0 Å². The van der Waals surface area contributed by atoms with Gasteiger partial charge in [-0.3, -0.25) is 4.79 Å². The van der Waals surface area contributed by atoms with Crippen LogP contribution in [-0.2, 0) is 9.53 Å². The Balaban J connectivity index is 1.97. The van der Waals surface area contributed by atoms with Crippen molar-refractivity contribution in [3.8, 4) is 0 Å². The average molecular weight is 256 g/mol. The second-order valence-corrected chi connectivity index (χ2v) is 5.25. The highest BCUT2D eigenvalue weighted by Crippen LogP contribution is 2.09. The number of hydrogen-bond donors (Lipinski definition) is 2. The predicted molar refractivity (Wildman–Crippen MR) is 73.6 cm³/mol. The van der Waals surface area contributed by atoms with Crippen LogP contribution in [0.5, 0.6) is 0 Å². The van der Waals surface area contributed by atoms with Crippen molar-refractivity contribution in [2.24, 2.45) is 0 Å². The van der Waals surface area contributed by atoms with Crippen LogP contribution in [0, 0.1) is 0 Å². The number of rotatable bonds is 8. The lowest BCUT2D eigenvalue weighted by Gasteiger charge is -2.23. The van der Waals surface area contributed by atoms with Crippen molar-refractivity contribution < 1.29 is 9.53 Å². The Hall–Kier alpha value is -0.610. The van der Waals surface area contributed by atoms with Crippen LogP contribution in [0.3, 0.4) is 0 Å². The van der Waals surface area contributed by atoms with Gasteiger partial charge in [-0.1, -0.05) is 19.8 Å². The Morgan fingerprint density at radius 3 is 3.00 bits per heavy atom. The van der Waals surface area contributed by atoms with Crippen molar-refractivity contribution in [3.05, 3.63) is 0 Å². The minimum absolute atomic E-state index is 0.00699. The average Bonchev–Trinajstić information content (AvgIpc) is 2.36. The zero-order valence-corrected chi connectivity index (χ0v) is 11.8. The van der Waals surface area contributed by atoms with Crippen molar-refractivity contribution in [3.63, 3.8) is 0 Å². The summed E-state index contributed by atoms with van der Waals surface area (Å²) in [4.78, 5) is 11.5. The molecule has 106 valence electrons. The van der Waals surface area contributed by atoms with Crippen molar-refractivity contribution in [2.45, 2.75) is 64.5 Å². The second-order valence-electron chi connectivity index (χ2n) is 5.25. The van der Waals surface area contributed by atoms with Gasteiger partial charge in [0.1, 0.15) is 6.61 Å². The first-order chi connectivity index (χ1) is 8.72. The van der Waals surface area contributed by atoms with Crippen molar-refractivity contribution in [1.82, 2.24) is 10.6 Å². The Morgan fingerprint density at radius 1 is 1.50 bits per heavy atom. The first-order valence-corrected chi connectivity index (χ1v) is 7.33. The van der Waals surface area contributed by atoms with Gasteiger partial charge >= 0.3 is 0 Å². The van der Waals surface area contributed by atoms with Crippen LogP contribution in [-0.4, -0.2) is 37.7 Å². The van der Waals surface area contributed by atoms with E-state index in [-0.39, 0.29) is 18.6 Å². The SMILES string of the molecule is CCCC(C)NC(=O)COCCC1CCCCN1. The lowest BCUT2D eigenvalue weighted by atomic mass is 10.0. The van der Waals surface area contributed by atoms with Crippen LogP contribution in [0.15, 0.2) is 0 Å². The van der Waals surface area contributed by atoms with Gasteiger partial charge < -0.3 is 15.4 Å². The van der Waals surface area contributed by atoms with E-state index in [1.807, 2.05) is 6.92 Å². The monoisotopic (exact) mass is 256 g/mol. The van der Waals surface area contributed by atoms with E-state index in [0.29, 0.717) is 12.6 Å². The summed E-state index contributed by atoms with van der Waals surface area (Å²) in [5.41, 5.74) is 0. The van der Waals surface area contributed by atoms with Crippen molar-refractivity contribution in [2.75, 3.05) is 19.8 Å².